The molecule has 3 unspecified atom stereocenters. The molecule has 2 saturated heterocycles. The molecule has 2 aliphatic rings. The third kappa shape index (κ3) is 3.09. The summed E-state index contributed by atoms with van der Waals surface area (Å²) < 4.78 is 4.70. The Bertz CT molecular complexity index is 444. The number of aliphatic carboxylic acids is 1. The number of thioether (sulfide) groups is 1. The molecule has 8 heteroatoms. The molecule has 0 aromatic rings. The average molecular weight is 316 g/mol. The molecule has 0 aromatic heterocycles. The van der Waals surface area contributed by atoms with Crippen LogP contribution in [0.1, 0.15) is 19.8 Å². The molecule has 118 valence electrons. The largest absolute Gasteiger partial charge is 0.480 e. The molecule has 0 aliphatic carbocycles. The van der Waals surface area contributed by atoms with Crippen LogP contribution in [0.15, 0.2) is 0 Å². The van der Waals surface area contributed by atoms with Crippen molar-refractivity contribution in [2.45, 2.75) is 31.2 Å². The van der Waals surface area contributed by atoms with Crippen molar-refractivity contribution in [3.63, 3.8) is 0 Å². The van der Waals surface area contributed by atoms with E-state index < -0.39 is 12.0 Å². The van der Waals surface area contributed by atoms with Crippen LogP contribution in [0.4, 0.5) is 4.79 Å². The minimum atomic E-state index is -0.976. The summed E-state index contributed by atoms with van der Waals surface area (Å²) in [6, 6.07) is -1.07. The van der Waals surface area contributed by atoms with Crippen molar-refractivity contribution >= 4 is 29.7 Å². The number of amides is 2. The summed E-state index contributed by atoms with van der Waals surface area (Å²) in [4.78, 5) is 38.5. The number of rotatable bonds is 3. The van der Waals surface area contributed by atoms with E-state index in [2.05, 4.69) is 0 Å². The Labute approximate surface area is 127 Å². The van der Waals surface area contributed by atoms with Gasteiger partial charge in [-0.3, -0.25) is 9.69 Å². The predicted octanol–water partition coefficient (Wildman–Crippen LogP) is 0.839. The first-order valence-corrected chi connectivity index (χ1v) is 8.04. The fraction of sp³-hybridized carbons (Fsp3) is 0.769. The van der Waals surface area contributed by atoms with Crippen LogP contribution in [0.3, 0.4) is 0 Å². The standard InChI is InChI=1S/C13H20N2O5S/c1-3-10-15(9(7-21-10)11(16)17)13(19)14-5-4-8(6-14)12(18)20-2/h8-10H,3-7H2,1-2H3,(H,16,17). The van der Waals surface area contributed by atoms with Gasteiger partial charge >= 0.3 is 18.0 Å². The predicted molar refractivity (Wildman–Crippen MR) is 76.9 cm³/mol. The van der Waals surface area contributed by atoms with Crippen molar-refractivity contribution in [1.82, 2.24) is 9.80 Å². The van der Waals surface area contributed by atoms with Gasteiger partial charge in [-0.15, -0.1) is 11.8 Å². The first kappa shape index (κ1) is 15.9. The number of ether oxygens (including phenoxy) is 1. The number of urea groups is 1. The molecule has 0 aromatic carbocycles. The molecule has 0 saturated carbocycles. The first-order valence-electron chi connectivity index (χ1n) is 6.99. The molecule has 1 N–H and O–H groups in total. The van der Waals surface area contributed by atoms with Crippen molar-refractivity contribution in [2.75, 3.05) is 26.0 Å². The minimum Gasteiger partial charge on any atom is -0.480 e. The van der Waals surface area contributed by atoms with Gasteiger partial charge < -0.3 is 14.7 Å². The van der Waals surface area contributed by atoms with Gasteiger partial charge in [-0.05, 0) is 12.8 Å². The van der Waals surface area contributed by atoms with E-state index in [1.54, 1.807) is 4.90 Å². The van der Waals surface area contributed by atoms with Gasteiger partial charge in [0.15, 0.2) is 0 Å². The van der Waals surface area contributed by atoms with E-state index in [1.807, 2.05) is 6.92 Å². The Balaban J connectivity index is 2.07. The van der Waals surface area contributed by atoms with Crippen LogP contribution >= 0.6 is 11.8 Å². The van der Waals surface area contributed by atoms with E-state index >= 15 is 0 Å². The van der Waals surface area contributed by atoms with E-state index in [1.165, 1.54) is 23.8 Å². The zero-order chi connectivity index (χ0) is 15.6. The lowest BCUT2D eigenvalue weighted by atomic mass is 10.1. The fourth-order valence-electron chi connectivity index (χ4n) is 2.78. The summed E-state index contributed by atoms with van der Waals surface area (Å²) in [6.07, 6.45) is 1.27. The Kier molecular flexibility index (Phi) is 4.97. The number of carboxylic acids is 1. The third-order valence-corrected chi connectivity index (χ3v) is 5.39. The lowest BCUT2D eigenvalue weighted by molar-refractivity contribution is -0.145. The highest BCUT2D eigenvalue weighted by Gasteiger charge is 2.44. The van der Waals surface area contributed by atoms with Crippen molar-refractivity contribution in [3.8, 4) is 0 Å². The van der Waals surface area contributed by atoms with E-state index in [9.17, 15) is 19.5 Å². The van der Waals surface area contributed by atoms with Crippen LogP contribution in [0.2, 0.25) is 0 Å². The summed E-state index contributed by atoms with van der Waals surface area (Å²) >= 11 is 1.49. The van der Waals surface area contributed by atoms with E-state index in [4.69, 9.17) is 4.74 Å². The number of nitrogens with zero attached hydrogens (tertiary/aromatic N) is 2. The number of carboxylic acid groups (broad SMARTS) is 1. The average Bonchev–Trinajstić information content (AvgIpc) is 3.11. The second-order valence-corrected chi connectivity index (χ2v) is 6.41. The highest BCUT2D eigenvalue weighted by atomic mass is 32.2. The molecule has 2 rings (SSSR count). The van der Waals surface area contributed by atoms with Crippen molar-refractivity contribution in [1.29, 1.82) is 0 Å². The summed E-state index contributed by atoms with van der Waals surface area (Å²) in [6.45, 7) is 2.70. The lowest BCUT2D eigenvalue weighted by Crippen LogP contribution is -2.51. The number of carbonyl (C=O) groups is 3. The maximum absolute atomic E-state index is 12.6. The number of hydrogen-bond acceptors (Lipinski definition) is 5. The van der Waals surface area contributed by atoms with Gasteiger partial charge in [-0.2, -0.15) is 0 Å². The number of hydrogen-bond donors (Lipinski definition) is 1. The van der Waals surface area contributed by atoms with Crippen LogP contribution in [-0.2, 0) is 14.3 Å². The molecule has 0 radical (unpaired) electrons. The van der Waals surface area contributed by atoms with E-state index in [0.29, 0.717) is 31.7 Å². The summed E-state index contributed by atoms with van der Waals surface area (Å²) in [7, 11) is 1.33. The highest BCUT2D eigenvalue weighted by Crippen LogP contribution is 2.33. The summed E-state index contributed by atoms with van der Waals surface area (Å²) in [5, 5.41) is 9.15. The number of esters is 1. The Hall–Kier alpha value is -1.44. The van der Waals surface area contributed by atoms with Gasteiger partial charge in [0.25, 0.3) is 0 Å². The maximum Gasteiger partial charge on any atom is 0.327 e. The summed E-state index contributed by atoms with van der Waals surface area (Å²) in [5.41, 5.74) is 0. The van der Waals surface area contributed by atoms with Crippen LogP contribution in [0, 0.1) is 5.92 Å². The minimum absolute atomic E-state index is 0.115. The normalized spacial score (nSPS) is 28.8. The van der Waals surface area contributed by atoms with Crippen LogP contribution in [0.5, 0.6) is 0 Å². The molecule has 3 atom stereocenters. The molecule has 2 fully saturated rings. The molecule has 21 heavy (non-hydrogen) atoms. The molecule has 0 spiro atoms. The topological polar surface area (TPSA) is 87.2 Å². The maximum atomic E-state index is 12.6. The molecule has 2 heterocycles. The fourth-order valence-corrected chi connectivity index (χ4v) is 4.12. The summed E-state index contributed by atoms with van der Waals surface area (Å²) in [5.74, 6) is -1.19. The quantitative estimate of drug-likeness (QED) is 0.776. The zero-order valence-corrected chi connectivity index (χ0v) is 13.0. The molecular formula is C13H20N2O5S. The molecular weight excluding hydrogens is 296 g/mol. The van der Waals surface area contributed by atoms with Gasteiger partial charge in [-0.1, -0.05) is 6.92 Å². The SMILES string of the molecule is CCC1SCC(C(=O)O)N1C(=O)N1CCC(C(=O)OC)C1. The Morgan fingerprint density at radius 2 is 2.10 bits per heavy atom. The third-order valence-electron chi connectivity index (χ3n) is 3.94. The molecule has 2 aliphatic heterocycles. The highest BCUT2D eigenvalue weighted by molar-refractivity contribution is 8.00. The van der Waals surface area contributed by atoms with Gasteiger partial charge in [0.1, 0.15) is 6.04 Å². The van der Waals surface area contributed by atoms with Gasteiger partial charge in [0.05, 0.1) is 18.4 Å². The Morgan fingerprint density at radius 3 is 2.67 bits per heavy atom. The van der Waals surface area contributed by atoms with E-state index in [-0.39, 0.29) is 23.3 Å². The lowest BCUT2D eigenvalue weighted by Gasteiger charge is -2.31. The molecule has 2 amide bonds. The van der Waals surface area contributed by atoms with E-state index in [0.717, 1.165) is 0 Å². The Morgan fingerprint density at radius 1 is 1.38 bits per heavy atom. The number of methoxy groups -OCH3 is 1. The second-order valence-electron chi connectivity index (χ2n) is 5.19. The monoisotopic (exact) mass is 316 g/mol. The number of likely N-dealkylation sites (tertiary alicyclic amines) is 1. The van der Waals surface area contributed by atoms with Crippen LogP contribution in [-0.4, -0.2) is 70.2 Å². The molecule has 7 nitrogen and oxygen atoms in total. The molecule has 0 bridgehead atoms. The van der Waals surface area contributed by atoms with Crippen LogP contribution < -0.4 is 0 Å². The van der Waals surface area contributed by atoms with Gasteiger partial charge in [-0.25, -0.2) is 9.59 Å². The van der Waals surface area contributed by atoms with Crippen LogP contribution in [0.25, 0.3) is 0 Å². The smallest absolute Gasteiger partial charge is 0.327 e. The first-order chi connectivity index (χ1) is 9.99. The van der Waals surface area contributed by atoms with Crippen molar-refractivity contribution < 1.29 is 24.2 Å². The second kappa shape index (κ2) is 6.55. The number of carbonyl (C=O) groups excluding carboxylic acids is 2. The van der Waals surface area contributed by atoms with Gasteiger partial charge in [0, 0.05) is 18.8 Å². The van der Waals surface area contributed by atoms with Crippen molar-refractivity contribution in [3.05, 3.63) is 0 Å². The zero-order valence-electron chi connectivity index (χ0n) is 12.2. The van der Waals surface area contributed by atoms with Crippen molar-refractivity contribution in [2.24, 2.45) is 5.92 Å². The van der Waals surface area contributed by atoms with Gasteiger partial charge in [0.2, 0.25) is 0 Å².